The van der Waals surface area contributed by atoms with Gasteiger partial charge in [0.25, 0.3) is 5.91 Å². The van der Waals surface area contributed by atoms with Crippen LogP contribution in [0.3, 0.4) is 0 Å². The molecule has 1 aliphatic rings. The zero-order chi connectivity index (χ0) is 18.8. The van der Waals surface area contributed by atoms with Crippen molar-refractivity contribution in [1.82, 2.24) is 0 Å². The van der Waals surface area contributed by atoms with E-state index in [1.54, 1.807) is 0 Å². The Balaban J connectivity index is 1.38. The van der Waals surface area contributed by atoms with Gasteiger partial charge in [-0.05, 0) is 48.3 Å². The number of aryl methyl sites for hydroxylation is 1. The van der Waals surface area contributed by atoms with Crippen LogP contribution in [-0.4, -0.2) is 18.5 Å². The minimum Gasteiger partial charge on any atom is -0.451 e. The number of hydrogen-bond donors (Lipinski definition) is 1. The Morgan fingerprint density at radius 2 is 2.00 bits per heavy atom. The Labute approximate surface area is 162 Å². The molecular formula is C22H21NO3S. The summed E-state index contributed by atoms with van der Waals surface area (Å²) in [5, 5.41) is 4.84. The van der Waals surface area contributed by atoms with E-state index in [4.69, 9.17) is 4.74 Å². The molecule has 1 amide bonds. The molecular weight excluding hydrogens is 358 g/mol. The fraction of sp³-hybridized carbons (Fsp3) is 0.273. The van der Waals surface area contributed by atoms with Crippen molar-refractivity contribution in [2.75, 3.05) is 11.9 Å². The summed E-state index contributed by atoms with van der Waals surface area (Å²) in [5.41, 5.74) is 1.97. The Bertz CT molecular complexity index is 1000. The predicted molar refractivity (Wildman–Crippen MR) is 108 cm³/mol. The minimum atomic E-state index is -0.421. The van der Waals surface area contributed by atoms with E-state index in [0.717, 1.165) is 35.7 Å². The number of fused-ring (bicyclic) bond motifs is 2. The van der Waals surface area contributed by atoms with E-state index in [9.17, 15) is 9.59 Å². The molecule has 4 rings (SSSR count). The summed E-state index contributed by atoms with van der Waals surface area (Å²) in [6, 6.07) is 15.5. The van der Waals surface area contributed by atoms with E-state index in [1.165, 1.54) is 21.8 Å². The van der Waals surface area contributed by atoms with Crippen LogP contribution in [0, 0.1) is 5.92 Å². The van der Waals surface area contributed by atoms with Gasteiger partial charge >= 0.3 is 5.97 Å². The van der Waals surface area contributed by atoms with Crippen molar-refractivity contribution in [3.05, 3.63) is 63.8 Å². The molecule has 27 heavy (non-hydrogen) atoms. The average Bonchev–Trinajstić information content (AvgIpc) is 3.09. The van der Waals surface area contributed by atoms with Crippen molar-refractivity contribution in [3.63, 3.8) is 0 Å². The van der Waals surface area contributed by atoms with Crippen LogP contribution in [0.15, 0.2) is 48.5 Å². The molecule has 0 saturated heterocycles. The number of benzene rings is 2. The summed E-state index contributed by atoms with van der Waals surface area (Å²) in [6.45, 7) is 1.94. The molecule has 0 aliphatic heterocycles. The van der Waals surface area contributed by atoms with E-state index in [1.807, 2.05) is 48.5 Å². The molecule has 1 aromatic heterocycles. The Morgan fingerprint density at radius 3 is 2.89 bits per heavy atom. The first-order valence-electron chi connectivity index (χ1n) is 9.16. The van der Waals surface area contributed by atoms with Crippen molar-refractivity contribution in [2.45, 2.75) is 26.2 Å². The molecule has 0 saturated carbocycles. The lowest BCUT2D eigenvalue weighted by Crippen LogP contribution is -2.20. The Morgan fingerprint density at radius 1 is 1.19 bits per heavy atom. The molecule has 3 aromatic rings. The highest BCUT2D eigenvalue weighted by Crippen LogP contribution is 2.32. The predicted octanol–water partition coefficient (Wildman–Crippen LogP) is 4.82. The van der Waals surface area contributed by atoms with Crippen molar-refractivity contribution >= 4 is 39.7 Å². The van der Waals surface area contributed by atoms with Crippen LogP contribution in [-0.2, 0) is 22.4 Å². The van der Waals surface area contributed by atoms with Crippen LogP contribution in [0.5, 0.6) is 0 Å². The Hall–Kier alpha value is -2.66. The number of amides is 1. The lowest BCUT2D eigenvalue weighted by atomic mass is 9.90. The molecule has 0 radical (unpaired) electrons. The maximum absolute atomic E-state index is 12.3. The van der Waals surface area contributed by atoms with Gasteiger partial charge in [-0.1, -0.05) is 43.3 Å². The van der Waals surface area contributed by atoms with E-state index in [-0.39, 0.29) is 12.5 Å². The number of anilines is 1. The quantitative estimate of drug-likeness (QED) is 0.661. The third-order valence-corrected chi connectivity index (χ3v) is 6.15. The Kier molecular flexibility index (Phi) is 4.94. The molecule has 2 aromatic carbocycles. The molecule has 0 fully saturated rings. The third-order valence-electron chi connectivity index (χ3n) is 4.93. The lowest BCUT2D eigenvalue weighted by Gasteiger charge is -2.16. The highest BCUT2D eigenvalue weighted by atomic mass is 32.1. The summed E-state index contributed by atoms with van der Waals surface area (Å²) in [7, 11) is 0. The number of ether oxygens (including phenoxy) is 1. The number of carbonyl (C=O) groups is 2. The largest absolute Gasteiger partial charge is 0.451 e. The SMILES string of the molecule is C[C@@H]1CCc2sc(C(=O)OCC(=O)Nc3cccc4ccccc34)cc2C1. The van der Waals surface area contributed by atoms with Crippen LogP contribution in [0.1, 0.15) is 33.5 Å². The average molecular weight is 379 g/mol. The van der Waals surface area contributed by atoms with Gasteiger partial charge in [0.2, 0.25) is 0 Å². The van der Waals surface area contributed by atoms with Crippen LogP contribution < -0.4 is 5.32 Å². The van der Waals surface area contributed by atoms with Gasteiger partial charge in [0, 0.05) is 16.0 Å². The van der Waals surface area contributed by atoms with Gasteiger partial charge in [-0.25, -0.2) is 4.79 Å². The van der Waals surface area contributed by atoms with E-state index in [0.29, 0.717) is 10.8 Å². The molecule has 0 spiro atoms. The summed E-state index contributed by atoms with van der Waals surface area (Å²) in [5.74, 6) is -0.104. The van der Waals surface area contributed by atoms with Gasteiger partial charge in [0.15, 0.2) is 6.61 Å². The molecule has 4 nitrogen and oxygen atoms in total. The topological polar surface area (TPSA) is 55.4 Å². The number of hydrogen-bond acceptors (Lipinski definition) is 4. The zero-order valence-corrected chi connectivity index (χ0v) is 16.0. The van der Waals surface area contributed by atoms with Crippen LogP contribution in [0.25, 0.3) is 10.8 Å². The maximum Gasteiger partial charge on any atom is 0.348 e. The van der Waals surface area contributed by atoms with Gasteiger partial charge < -0.3 is 10.1 Å². The standard InChI is InChI=1S/C22H21NO3S/c1-14-9-10-19-16(11-14)12-20(27-19)22(25)26-13-21(24)23-18-8-4-6-15-5-2-3-7-17(15)18/h2-8,12,14H,9-11,13H2,1H3,(H,23,24)/t14-/m1/s1. The van der Waals surface area contributed by atoms with Gasteiger partial charge in [0.1, 0.15) is 4.88 Å². The van der Waals surface area contributed by atoms with Crippen molar-refractivity contribution in [3.8, 4) is 0 Å². The minimum absolute atomic E-state index is 0.291. The normalized spacial score (nSPS) is 16.0. The first-order chi connectivity index (χ1) is 13.1. The highest BCUT2D eigenvalue weighted by molar-refractivity contribution is 7.14. The highest BCUT2D eigenvalue weighted by Gasteiger charge is 2.21. The van der Waals surface area contributed by atoms with Gasteiger partial charge in [-0.3, -0.25) is 4.79 Å². The number of esters is 1. The molecule has 0 unspecified atom stereocenters. The number of carbonyl (C=O) groups excluding carboxylic acids is 2. The molecule has 1 atom stereocenters. The van der Waals surface area contributed by atoms with Gasteiger partial charge in [-0.15, -0.1) is 11.3 Å². The second kappa shape index (κ2) is 7.53. The fourth-order valence-corrected chi connectivity index (χ4v) is 4.63. The zero-order valence-electron chi connectivity index (χ0n) is 15.2. The van der Waals surface area contributed by atoms with E-state index < -0.39 is 5.97 Å². The molecule has 1 aliphatic carbocycles. The summed E-state index contributed by atoms with van der Waals surface area (Å²) in [6.07, 6.45) is 3.20. The van der Waals surface area contributed by atoms with Crippen LogP contribution >= 0.6 is 11.3 Å². The first-order valence-corrected chi connectivity index (χ1v) is 9.98. The molecule has 0 bridgehead atoms. The summed E-state index contributed by atoms with van der Waals surface area (Å²) in [4.78, 5) is 26.4. The second-order valence-corrected chi connectivity index (χ2v) is 8.19. The third kappa shape index (κ3) is 3.88. The molecule has 138 valence electrons. The van der Waals surface area contributed by atoms with Crippen molar-refractivity contribution in [2.24, 2.45) is 5.92 Å². The lowest BCUT2D eigenvalue weighted by molar-refractivity contribution is -0.119. The number of rotatable bonds is 4. The van der Waals surface area contributed by atoms with Gasteiger partial charge in [0.05, 0.1) is 0 Å². The van der Waals surface area contributed by atoms with E-state index >= 15 is 0 Å². The molecule has 5 heteroatoms. The van der Waals surface area contributed by atoms with Crippen molar-refractivity contribution in [1.29, 1.82) is 0 Å². The van der Waals surface area contributed by atoms with E-state index in [2.05, 4.69) is 12.2 Å². The van der Waals surface area contributed by atoms with Gasteiger partial charge in [-0.2, -0.15) is 0 Å². The maximum atomic E-state index is 12.3. The van der Waals surface area contributed by atoms with Crippen LogP contribution in [0.4, 0.5) is 5.69 Å². The smallest absolute Gasteiger partial charge is 0.348 e. The summed E-state index contributed by atoms with van der Waals surface area (Å²) >= 11 is 1.50. The molecule has 1 heterocycles. The number of thiophene rings is 1. The first kappa shape index (κ1) is 17.7. The summed E-state index contributed by atoms with van der Waals surface area (Å²) < 4.78 is 5.24. The van der Waals surface area contributed by atoms with Crippen molar-refractivity contribution < 1.29 is 14.3 Å². The molecule has 1 N–H and O–H groups in total. The monoisotopic (exact) mass is 379 g/mol. The second-order valence-electron chi connectivity index (χ2n) is 7.06. The number of nitrogens with one attached hydrogen (secondary N) is 1. The van der Waals surface area contributed by atoms with Crippen LogP contribution in [0.2, 0.25) is 0 Å². The fourth-order valence-electron chi connectivity index (χ4n) is 3.53.